The summed E-state index contributed by atoms with van der Waals surface area (Å²) >= 11 is 0. The van der Waals surface area contributed by atoms with Crippen LogP contribution in [0.3, 0.4) is 0 Å². The van der Waals surface area contributed by atoms with Crippen molar-refractivity contribution in [2.45, 2.75) is 25.3 Å². The number of benzene rings is 1. The molecule has 2 aliphatic heterocycles. The first-order valence-corrected chi connectivity index (χ1v) is 6.51. The van der Waals surface area contributed by atoms with Gasteiger partial charge in [-0.25, -0.2) is 4.79 Å². The molecule has 0 spiro atoms. The highest BCUT2D eigenvalue weighted by Crippen LogP contribution is 2.39. The minimum absolute atomic E-state index is 0.0646. The number of anilines is 2. The lowest BCUT2D eigenvalue weighted by Crippen LogP contribution is -2.54. The van der Waals surface area contributed by atoms with Crippen LogP contribution in [-0.4, -0.2) is 36.6 Å². The second kappa shape index (κ2) is 4.26. The molecule has 1 fully saturated rings. The lowest BCUT2D eigenvalue weighted by molar-refractivity contribution is -0.120. The number of rotatable bonds is 1. The summed E-state index contributed by atoms with van der Waals surface area (Å²) < 4.78 is 0. The van der Waals surface area contributed by atoms with Crippen molar-refractivity contribution in [1.29, 1.82) is 0 Å². The molecule has 0 saturated carbocycles. The van der Waals surface area contributed by atoms with Gasteiger partial charge in [0, 0.05) is 13.6 Å². The number of carboxylic acids is 1. The number of piperidine rings is 1. The van der Waals surface area contributed by atoms with Crippen molar-refractivity contribution in [1.82, 2.24) is 0 Å². The van der Waals surface area contributed by atoms with Crippen molar-refractivity contribution in [2.24, 2.45) is 0 Å². The number of amides is 1. The zero-order chi connectivity index (χ0) is 13.6. The van der Waals surface area contributed by atoms with E-state index in [0.717, 1.165) is 31.5 Å². The van der Waals surface area contributed by atoms with Gasteiger partial charge < -0.3 is 14.9 Å². The summed E-state index contributed by atoms with van der Waals surface area (Å²) in [6, 6.07) is 4.93. The van der Waals surface area contributed by atoms with Crippen LogP contribution in [0.25, 0.3) is 0 Å². The third kappa shape index (κ3) is 1.77. The van der Waals surface area contributed by atoms with E-state index in [4.69, 9.17) is 5.11 Å². The molecule has 1 aromatic rings. The quantitative estimate of drug-likeness (QED) is 0.835. The van der Waals surface area contributed by atoms with E-state index in [1.165, 1.54) is 0 Å². The molecule has 0 radical (unpaired) electrons. The number of hydrogen-bond acceptors (Lipinski definition) is 3. The third-order valence-electron chi connectivity index (χ3n) is 4.01. The highest BCUT2D eigenvalue weighted by molar-refractivity contribution is 6.06. The Morgan fingerprint density at radius 2 is 2.11 bits per heavy atom. The van der Waals surface area contributed by atoms with Gasteiger partial charge in [0.1, 0.15) is 6.04 Å². The average Bonchev–Trinajstić information content (AvgIpc) is 2.44. The van der Waals surface area contributed by atoms with Gasteiger partial charge in [-0.05, 0) is 37.5 Å². The first-order valence-electron chi connectivity index (χ1n) is 6.51. The molecule has 0 aliphatic carbocycles. The third-order valence-corrected chi connectivity index (χ3v) is 4.01. The van der Waals surface area contributed by atoms with Gasteiger partial charge in [-0.2, -0.15) is 0 Å². The van der Waals surface area contributed by atoms with Gasteiger partial charge in [0.05, 0.1) is 16.9 Å². The van der Waals surface area contributed by atoms with Crippen LogP contribution in [-0.2, 0) is 4.79 Å². The van der Waals surface area contributed by atoms with Crippen LogP contribution in [0.4, 0.5) is 11.4 Å². The van der Waals surface area contributed by atoms with E-state index < -0.39 is 5.97 Å². The number of fused-ring (bicyclic) bond motifs is 3. The molecule has 0 aromatic heterocycles. The van der Waals surface area contributed by atoms with Crippen LogP contribution >= 0.6 is 0 Å². The lowest BCUT2D eigenvalue weighted by atomic mass is 9.96. The van der Waals surface area contributed by atoms with E-state index in [1.807, 2.05) is 6.07 Å². The predicted octanol–water partition coefficient (Wildman–Crippen LogP) is 1.72. The maximum atomic E-state index is 12.3. The predicted molar refractivity (Wildman–Crippen MR) is 71.8 cm³/mol. The fraction of sp³-hybridized carbons (Fsp3) is 0.429. The Morgan fingerprint density at radius 3 is 2.84 bits per heavy atom. The minimum Gasteiger partial charge on any atom is -0.478 e. The molecule has 1 N–H and O–H groups in total. The average molecular weight is 260 g/mol. The van der Waals surface area contributed by atoms with Crippen molar-refractivity contribution in [2.75, 3.05) is 23.4 Å². The number of aromatic carboxylic acids is 1. The molecule has 1 unspecified atom stereocenters. The molecule has 5 nitrogen and oxygen atoms in total. The van der Waals surface area contributed by atoms with Gasteiger partial charge in [-0.15, -0.1) is 0 Å². The van der Waals surface area contributed by atoms with Crippen molar-refractivity contribution in [3.8, 4) is 0 Å². The normalized spacial score (nSPS) is 21.9. The van der Waals surface area contributed by atoms with Crippen molar-refractivity contribution >= 4 is 23.3 Å². The van der Waals surface area contributed by atoms with E-state index in [9.17, 15) is 9.59 Å². The SMILES string of the molecule is CN1C(=O)C2CCCCN2c2ccc(C(=O)O)cc21. The summed E-state index contributed by atoms with van der Waals surface area (Å²) in [5.74, 6) is -0.904. The van der Waals surface area contributed by atoms with Gasteiger partial charge in [0.25, 0.3) is 0 Å². The van der Waals surface area contributed by atoms with Gasteiger partial charge >= 0.3 is 5.97 Å². The molecule has 0 bridgehead atoms. The second-order valence-electron chi connectivity index (χ2n) is 5.11. The van der Waals surface area contributed by atoms with Crippen molar-refractivity contribution in [3.05, 3.63) is 23.8 Å². The zero-order valence-electron chi connectivity index (χ0n) is 10.8. The van der Waals surface area contributed by atoms with E-state index in [2.05, 4.69) is 4.90 Å². The van der Waals surface area contributed by atoms with Crippen LogP contribution in [0.5, 0.6) is 0 Å². The molecule has 1 aromatic carbocycles. The first-order chi connectivity index (χ1) is 9.09. The van der Waals surface area contributed by atoms with Gasteiger partial charge in [-0.1, -0.05) is 0 Å². The fourth-order valence-electron chi connectivity index (χ4n) is 2.99. The lowest BCUT2D eigenvalue weighted by Gasteiger charge is -2.44. The summed E-state index contributed by atoms with van der Waals surface area (Å²) in [6.45, 7) is 0.865. The van der Waals surface area contributed by atoms with Gasteiger partial charge in [0.2, 0.25) is 5.91 Å². The Balaban J connectivity index is 2.11. The van der Waals surface area contributed by atoms with E-state index in [-0.39, 0.29) is 17.5 Å². The summed E-state index contributed by atoms with van der Waals surface area (Å²) in [7, 11) is 1.72. The molecular formula is C14H16N2O3. The van der Waals surface area contributed by atoms with Crippen LogP contribution in [0.15, 0.2) is 18.2 Å². The van der Waals surface area contributed by atoms with Gasteiger partial charge in [0.15, 0.2) is 0 Å². The molecule has 2 aliphatic rings. The van der Waals surface area contributed by atoms with Gasteiger partial charge in [-0.3, -0.25) is 4.79 Å². The number of nitrogens with zero attached hydrogens (tertiary/aromatic N) is 2. The summed E-state index contributed by atoms with van der Waals surface area (Å²) in [5, 5.41) is 9.05. The zero-order valence-corrected chi connectivity index (χ0v) is 10.8. The highest BCUT2D eigenvalue weighted by atomic mass is 16.4. The Bertz CT molecular complexity index is 556. The molecule has 1 saturated heterocycles. The Labute approximate surface area is 111 Å². The largest absolute Gasteiger partial charge is 0.478 e. The van der Waals surface area contributed by atoms with E-state index in [1.54, 1.807) is 24.1 Å². The minimum atomic E-state index is -0.968. The number of carbonyl (C=O) groups excluding carboxylic acids is 1. The number of carbonyl (C=O) groups is 2. The number of likely N-dealkylation sites (N-methyl/N-ethyl adjacent to an activating group) is 1. The number of hydrogen-bond donors (Lipinski definition) is 1. The molecule has 3 rings (SSSR count). The van der Waals surface area contributed by atoms with E-state index >= 15 is 0 Å². The summed E-state index contributed by atoms with van der Waals surface area (Å²) in [4.78, 5) is 27.1. The van der Waals surface area contributed by atoms with Crippen LogP contribution in [0.1, 0.15) is 29.6 Å². The smallest absolute Gasteiger partial charge is 0.335 e. The maximum Gasteiger partial charge on any atom is 0.335 e. The molecule has 1 amide bonds. The fourth-order valence-corrected chi connectivity index (χ4v) is 2.99. The highest BCUT2D eigenvalue weighted by Gasteiger charge is 2.37. The monoisotopic (exact) mass is 260 g/mol. The molecular weight excluding hydrogens is 244 g/mol. The Morgan fingerprint density at radius 1 is 1.32 bits per heavy atom. The molecule has 1 atom stereocenters. The first kappa shape index (κ1) is 12.0. The van der Waals surface area contributed by atoms with Crippen LogP contribution in [0, 0.1) is 0 Å². The van der Waals surface area contributed by atoms with Crippen LogP contribution < -0.4 is 9.80 Å². The van der Waals surface area contributed by atoms with E-state index in [0.29, 0.717) is 5.69 Å². The van der Waals surface area contributed by atoms with Crippen LogP contribution in [0.2, 0.25) is 0 Å². The summed E-state index contributed by atoms with van der Waals surface area (Å²) in [5.41, 5.74) is 1.88. The maximum absolute atomic E-state index is 12.3. The molecule has 5 heteroatoms. The Hall–Kier alpha value is -2.04. The second-order valence-corrected chi connectivity index (χ2v) is 5.11. The molecule has 2 heterocycles. The molecule has 100 valence electrons. The van der Waals surface area contributed by atoms with Crippen molar-refractivity contribution < 1.29 is 14.7 Å². The molecule has 19 heavy (non-hydrogen) atoms. The summed E-state index contributed by atoms with van der Waals surface area (Å²) in [6.07, 6.45) is 3.03. The standard InChI is InChI=1S/C14H16N2O3/c1-15-12-8-9(14(18)19)5-6-10(12)16-7-3-2-4-11(16)13(15)17/h5-6,8,11H,2-4,7H2,1H3,(H,18,19). The number of carboxylic acid groups (broad SMARTS) is 1. The van der Waals surface area contributed by atoms with Crippen molar-refractivity contribution in [3.63, 3.8) is 0 Å². The topological polar surface area (TPSA) is 60.9 Å². The Kier molecular flexibility index (Phi) is 2.69.